The molecule has 1 aromatic heterocycles. The van der Waals surface area contributed by atoms with Crippen LogP contribution < -0.4 is 10.6 Å². The van der Waals surface area contributed by atoms with Crippen molar-refractivity contribution < 1.29 is 13.2 Å². The molecule has 2 heterocycles. The molecule has 0 saturated carbocycles. The van der Waals surface area contributed by atoms with Crippen molar-refractivity contribution in [3.63, 3.8) is 0 Å². The van der Waals surface area contributed by atoms with Crippen LogP contribution >= 0.6 is 0 Å². The summed E-state index contributed by atoms with van der Waals surface area (Å²) in [5.74, 6) is 0.316. The fourth-order valence-corrected chi connectivity index (χ4v) is 3.83. The quantitative estimate of drug-likeness (QED) is 0.799. The first kappa shape index (κ1) is 14.7. The molecule has 1 atom stereocenters. The topological polar surface area (TPSA) is 101 Å². The van der Waals surface area contributed by atoms with Crippen molar-refractivity contribution in [3.8, 4) is 0 Å². The van der Waals surface area contributed by atoms with Crippen LogP contribution in [0.3, 0.4) is 0 Å². The zero-order valence-electron chi connectivity index (χ0n) is 11.5. The molecule has 110 valence electrons. The maximum absolute atomic E-state index is 11.7. The molecule has 1 saturated heterocycles. The summed E-state index contributed by atoms with van der Waals surface area (Å²) < 4.78 is 22.6. The number of anilines is 1. The Bertz CT molecular complexity index is 595. The number of carbonyl (C=O) groups excluding carboxylic acids is 1. The molecule has 0 aliphatic carbocycles. The van der Waals surface area contributed by atoms with Crippen LogP contribution in [0.2, 0.25) is 0 Å². The maximum atomic E-state index is 11.7. The van der Waals surface area contributed by atoms with Crippen LogP contribution in [-0.2, 0) is 14.6 Å². The lowest BCUT2D eigenvalue weighted by molar-refractivity contribution is -0.119. The van der Waals surface area contributed by atoms with Gasteiger partial charge >= 0.3 is 0 Å². The van der Waals surface area contributed by atoms with Crippen LogP contribution in [0.15, 0.2) is 6.07 Å². The molecule has 1 fully saturated rings. The third kappa shape index (κ3) is 4.16. The second kappa shape index (κ2) is 5.74. The standard InChI is InChI=1S/C12H18N4O3S/c1-8-5-9(2)15-12(14-8)13-6-11(17)16-10-3-4-20(18,19)7-10/h5,10H,3-4,6-7H2,1-2H3,(H,16,17)(H,13,14,15)/t10-/m1/s1. The van der Waals surface area contributed by atoms with Gasteiger partial charge < -0.3 is 10.6 Å². The van der Waals surface area contributed by atoms with Gasteiger partial charge in [-0.05, 0) is 26.3 Å². The Morgan fingerprint density at radius 3 is 2.55 bits per heavy atom. The first-order chi connectivity index (χ1) is 9.34. The first-order valence-electron chi connectivity index (χ1n) is 6.40. The molecule has 0 spiro atoms. The van der Waals surface area contributed by atoms with E-state index in [0.717, 1.165) is 11.4 Å². The highest BCUT2D eigenvalue weighted by Crippen LogP contribution is 2.11. The Hall–Kier alpha value is -1.70. The SMILES string of the molecule is Cc1cc(C)nc(NCC(=O)N[C@@H]2CCS(=O)(=O)C2)n1. The van der Waals surface area contributed by atoms with E-state index >= 15 is 0 Å². The van der Waals surface area contributed by atoms with Gasteiger partial charge in [0.2, 0.25) is 11.9 Å². The Morgan fingerprint density at radius 1 is 1.35 bits per heavy atom. The minimum Gasteiger partial charge on any atom is -0.351 e. The van der Waals surface area contributed by atoms with Crippen LogP contribution in [0, 0.1) is 13.8 Å². The van der Waals surface area contributed by atoms with Crippen LogP contribution in [0.1, 0.15) is 17.8 Å². The molecule has 0 bridgehead atoms. The maximum Gasteiger partial charge on any atom is 0.239 e. The lowest BCUT2D eigenvalue weighted by Gasteiger charge is -2.11. The number of nitrogens with zero attached hydrogens (tertiary/aromatic N) is 2. The zero-order valence-corrected chi connectivity index (χ0v) is 12.3. The number of carbonyl (C=O) groups is 1. The summed E-state index contributed by atoms with van der Waals surface area (Å²) in [6, 6.07) is 1.56. The smallest absolute Gasteiger partial charge is 0.239 e. The van der Waals surface area contributed by atoms with Crippen LogP contribution in [0.4, 0.5) is 5.95 Å². The largest absolute Gasteiger partial charge is 0.351 e. The molecule has 2 rings (SSSR count). The second-order valence-corrected chi connectivity index (χ2v) is 7.22. The van der Waals surface area contributed by atoms with Gasteiger partial charge in [-0.25, -0.2) is 18.4 Å². The van der Waals surface area contributed by atoms with E-state index in [1.807, 2.05) is 19.9 Å². The molecule has 1 amide bonds. The summed E-state index contributed by atoms with van der Waals surface area (Å²) in [5, 5.41) is 5.53. The lowest BCUT2D eigenvalue weighted by Crippen LogP contribution is -2.39. The number of aryl methyl sites for hydroxylation is 2. The average Bonchev–Trinajstić information content (AvgIpc) is 2.65. The molecule has 7 nitrogen and oxygen atoms in total. The molecule has 0 unspecified atom stereocenters. The molecule has 20 heavy (non-hydrogen) atoms. The highest BCUT2D eigenvalue weighted by atomic mass is 32.2. The van der Waals surface area contributed by atoms with Crippen molar-refractivity contribution in [1.29, 1.82) is 0 Å². The molecule has 0 radical (unpaired) electrons. The first-order valence-corrected chi connectivity index (χ1v) is 8.22. The minimum absolute atomic E-state index is 0.0266. The summed E-state index contributed by atoms with van der Waals surface area (Å²) >= 11 is 0. The van der Waals surface area contributed by atoms with Crippen molar-refractivity contribution in [2.75, 3.05) is 23.4 Å². The molecule has 1 aliphatic heterocycles. The predicted molar refractivity (Wildman–Crippen MR) is 75.2 cm³/mol. The fraction of sp³-hybridized carbons (Fsp3) is 0.583. The van der Waals surface area contributed by atoms with Crippen molar-refractivity contribution in [2.24, 2.45) is 0 Å². The highest BCUT2D eigenvalue weighted by molar-refractivity contribution is 7.91. The number of amides is 1. The van der Waals surface area contributed by atoms with Gasteiger partial charge in [0.05, 0.1) is 18.1 Å². The van der Waals surface area contributed by atoms with E-state index in [-0.39, 0.29) is 30.0 Å². The van der Waals surface area contributed by atoms with Crippen LogP contribution in [0.25, 0.3) is 0 Å². The third-order valence-corrected chi connectivity index (χ3v) is 4.75. The Morgan fingerprint density at radius 2 is 2.00 bits per heavy atom. The van der Waals surface area contributed by atoms with Gasteiger partial charge in [0.15, 0.2) is 9.84 Å². The number of sulfone groups is 1. The van der Waals surface area contributed by atoms with Crippen molar-refractivity contribution in [2.45, 2.75) is 26.3 Å². The van der Waals surface area contributed by atoms with Gasteiger partial charge in [0.25, 0.3) is 0 Å². The Balaban J connectivity index is 1.83. The van der Waals surface area contributed by atoms with Crippen LogP contribution in [-0.4, -0.2) is 48.4 Å². The van der Waals surface area contributed by atoms with Crippen LogP contribution in [0.5, 0.6) is 0 Å². The summed E-state index contributed by atoms with van der Waals surface area (Å²) in [7, 11) is -2.98. The van der Waals surface area contributed by atoms with E-state index in [4.69, 9.17) is 0 Å². The van der Waals surface area contributed by atoms with E-state index in [0.29, 0.717) is 12.4 Å². The molecule has 8 heteroatoms. The van der Waals surface area contributed by atoms with Gasteiger partial charge in [-0.3, -0.25) is 4.79 Å². The molecule has 1 aromatic rings. The lowest BCUT2D eigenvalue weighted by atomic mass is 10.2. The van der Waals surface area contributed by atoms with Crippen molar-refractivity contribution in [3.05, 3.63) is 17.5 Å². The fourth-order valence-electron chi connectivity index (χ4n) is 2.15. The van der Waals surface area contributed by atoms with E-state index in [2.05, 4.69) is 20.6 Å². The normalized spacial score (nSPS) is 20.6. The number of nitrogens with one attached hydrogen (secondary N) is 2. The molecular formula is C12H18N4O3S. The van der Waals surface area contributed by atoms with Gasteiger partial charge in [0.1, 0.15) is 0 Å². The van der Waals surface area contributed by atoms with E-state index in [9.17, 15) is 13.2 Å². The zero-order chi connectivity index (χ0) is 14.8. The van der Waals surface area contributed by atoms with E-state index in [1.54, 1.807) is 0 Å². The molecule has 2 N–H and O–H groups in total. The minimum atomic E-state index is -2.98. The second-order valence-electron chi connectivity index (χ2n) is 5.00. The number of rotatable bonds is 4. The van der Waals surface area contributed by atoms with Gasteiger partial charge in [0, 0.05) is 17.4 Å². The Labute approximate surface area is 118 Å². The summed E-state index contributed by atoms with van der Waals surface area (Å²) in [6.45, 7) is 3.73. The third-order valence-electron chi connectivity index (χ3n) is 2.99. The molecule has 0 aromatic carbocycles. The number of hydrogen-bond donors (Lipinski definition) is 2. The van der Waals surface area contributed by atoms with Crippen molar-refractivity contribution in [1.82, 2.24) is 15.3 Å². The van der Waals surface area contributed by atoms with E-state index in [1.165, 1.54) is 0 Å². The predicted octanol–water partition coefficient (Wildman–Crippen LogP) is -0.191. The summed E-state index contributed by atoms with van der Waals surface area (Å²) in [6.07, 6.45) is 0.480. The van der Waals surface area contributed by atoms with Gasteiger partial charge in [-0.15, -0.1) is 0 Å². The molecule has 1 aliphatic rings. The number of hydrogen-bond acceptors (Lipinski definition) is 6. The Kier molecular flexibility index (Phi) is 4.22. The number of aromatic nitrogens is 2. The summed E-state index contributed by atoms with van der Waals surface area (Å²) in [5.41, 5.74) is 1.64. The monoisotopic (exact) mass is 298 g/mol. The average molecular weight is 298 g/mol. The molecular weight excluding hydrogens is 280 g/mol. The van der Waals surface area contributed by atoms with Gasteiger partial charge in [-0.1, -0.05) is 0 Å². The van der Waals surface area contributed by atoms with E-state index < -0.39 is 9.84 Å². The van der Waals surface area contributed by atoms with Crippen molar-refractivity contribution >= 4 is 21.7 Å². The summed E-state index contributed by atoms with van der Waals surface area (Å²) in [4.78, 5) is 20.1. The van der Waals surface area contributed by atoms with Gasteiger partial charge in [-0.2, -0.15) is 0 Å². The highest BCUT2D eigenvalue weighted by Gasteiger charge is 2.28.